The second kappa shape index (κ2) is 5.69. The molecule has 0 saturated heterocycles. The Morgan fingerprint density at radius 3 is 2.65 bits per heavy atom. The fraction of sp³-hybridized carbons (Fsp3) is 0.267. The van der Waals surface area contributed by atoms with E-state index in [9.17, 15) is 9.59 Å². The summed E-state index contributed by atoms with van der Waals surface area (Å²) < 4.78 is 5.67. The molecule has 5 nitrogen and oxygen atoms in total. The van der Waals surface area contributed by atoms with Gasteiger partial charge in [0.1, 0.15) is 6.54 Å². The summed E-state index contributed by atoms with van der Waals surface area (Å²) in [5.41, 5.74) is 3.50. The number of aryl methyl sites for hydroxylation is 2. The minimum Gasteiger partial charge on any atom is -0.468 e. The molecule has 0 aliphatic rings. The first kappa shape index (κ1) is 14.0. The lowest BCUT2D eigenvalue weighted by Crippen LogP contribution is -2.26. The van der Waals surface area contributed by atoms with Crippen molar-refractivity contribution in [2.45, 2.75) is 20.4 Å². The molecular formula is C15H16N2O3. The van der Waals surface area contributed by atoms with Crippen molar-refractivity contribution < 1.29 is 9.53 Å². The number of aromatic nitrogens is 2. The van der Waals surface area contributed by atoms with E-state index in [1.807, 2.05) is 32.0 Å². The second-order valence-electron chi connectivity index (χ2n) is 4.61. The average Bonchev–Trinajstić information content (AvgIpc) is 2.41. The van der Waals surface area contributed by atoms with Gasteiger partial charge in [-0.05, 0) is 25.5 Å². The molecule has 0 amide bonds. The summed E-state index contributed by atoms with van der Waals surface area (Å²) in [5.74, 6) is -0.502. The van der Waals surface area contributed by atoms with Crippen LogP contribution in [0.25, 0.3) is 11.3 Å². The first-order chi connectivity index (χ1) is 9.51. The van der Waals surface area contributed by atoms with Crippen LogP contribution in [0.2, 0.25) is 0 Å². The van der Waals surface area contributed by atoms with Crippen molar-refractivity contribution in [3.8, 4) is 11.3 Å². The minimum atomic E-state index is -0.502. The molecule has 104 valence electrons. The van der Waals surface area contributed by atoms with Crippen molar-refractivity contribution in [1.82, 2.24) is 9.78 Å². The van der Waals surface area contributed by atoms with E-state index in [1.54, 1.807) is 6.07 Å². The molecule has 0 unspecified atom stereocenters. The van der Waals surface area contributed by atoms with Crippen LogP contribution in [0.5, 0.6) is 0 Å². The molecule has 1 aromatic carbocycles. The number of nitrogens with zero attached hydrogens (tertiary/aromatic N) is 2. The molecular weight excluding hydrogens is 256 g/mol. The minimum absolute atomic E-state index is 0.186. The number of methoxy groups -OCH3 is 1. The van der Waals surface area contributed by atoms with Crippen LogP contribution in [0, 0.1) is 13.8 Å². The van der Waals surface area contributed by atoms with Crippen LogP contribution in [-0.2, 0) is 16.1 Å². The van der Waals surface area contributed by atoms with Gasteiger partial charge in [0.05, 0.1) is 12.8 Å². The maximum Gasteiger partial charge on any atom is 0.327 e. The van der Waals surface area contributed by atoms with Crippen molar-refractivity contribution in [3.05, 3.63) is 51.8 Å². The van der Waals surface area contributed by atoms with Gasteiger partial charge in [0.15, 0.2) is 0 Å². The molecule has 0 aliphatic carbocycles. The van der Waals surface area contributed by atoms with Crippen LogP contribution in [0.4, 0.5) is 0 Å². The van der Waals surface area contributed by atoms with E-state index < -0.39 is 5.97 Å². The molecule has 0 N–H and O–H groups in total. The van der Waals surface area contributed by atoms with E-state index in [0.717, 1.165) is 21.4 Å². The highest BCUT2D eigenvalue weighted by atomic mass is 16.5. The second-order valence-corrected chi connectivity index (χ2v) is 4.61. The topological polar surface area (TPSA) is 61.2 Å². The summed E-state index contributed by atoms with van der Waals surface area (Å²) in [6.45, 7) is 3.82. The Morgan fingerprint density at radius 1 is 1.25 bits per heavy atom. The summed E-state index contributed by atoms with van der Waals surface area (Å²) in [6, 6.07) is 9.06. The first-order valence-corrected chi connectivity index (χ1v) is 6.24. The third-order valence-corrected chi connectivity index (χ3v) is 3.03. The molecule has 5 heteroatoms. The molecule has 0 atom stereocenters. The molecule has 2 rings (SSSR count). The van der Waals surface area contributed by atoms with Gasteiger partial charge in [-0.1, -0.05) is 23.8 Å². The Morgan fingerprint density at radius 2 is 2.00 bits per heavy atom. The van der Waals surface area contributed by atoms with Crippen LogP contribution >= 0.6 is 0 Å². The quantitative estimate of drug-likeness (QED) is 0.798. The monoisotopic (exact) mass is 272 g/mol. The van der Waals surface area contributed by atoms with E-state index >= 15 is 0 Å². The van der Waals surface area contributed by atoms with Crippen molar-refractivity contribution in [3.63, 3.8) is 0 Å². The van der Waals surface area contributed by atoms with Crippen LogP contribution in [0.1, 0.15) is 11.1 Å². The zero-order valence-electron chi connectivity index (χ0n) is 11.7. The van der Waals surface area contributed by atoms with Gasteiger partial charge in [0.25, 0.3) is 5.56 Å². The highest BCUT2D eigenvalue weighted by Gasteiger charge is 2.09. The van der Waals surface area contributed by atoms with Crippen LogP contribution in [0.3, 0.4) is 0 Å². The number of carbonyl (C=O) groups excluding carboxylic acids is 1. The lowest BCUT2D eigenvalue weighted by atomic mass is 10.0. The van der Waals surface area contributed by atoms with Gasteiger partial charge in [-0.25, -0.2) is 4.68 Å². The lowest BCUT2D eigenvalue weighted by molar-refractivity contribution is -0.141. The molecule has 0 fully saturated rings. The fourth-order valence-corrected chi connectivity index (χ4v) is 1.99. The lowest BCUT2D eigenvalue weighted by Gasteiger charge is -2.09. The van der Waals surface area contributed by atoms with Gasteiger partial charge in [-0.15, -0.1) is 0 Å². The molecule has 0 bridgehead atoms. The number of hydrogen-bond donors (Lipinski definition) is 0. The zero-order chi connectivity index (χ0) is 14.7. The largest absolute Gasteiger partial charge is 0.468 e. The van der Waals surface area contributed by atoms with Gasteiger partial charge in [-0.2, -0.15) is 5.10 Å². The number of hydrogen-bond acceptors (Lipinski definition) is 4. The number of esters is 1. The highest BCUT2D eigenvalue weighted by Crippen LogP contribution is 2.21. The van der Waals surface area contributed by atoms with Crippen LogP contribution in [-0.4, -0.2) is 22.9 Å². The Bertz CT molecular complexity index is 705. The van der Waals surface area contributed by atoms with Crippen molar-refractivity contribution in [1.29, 1.82) is 0 Å². The molecule has 0 aliphatic heterocycles. The Labute approximate surface area is 116 Å². The predicted molar refractivity (Wildman–Crippen MR) is 75.4 cm³/mol. The molecule has 1 aromatic heterocycles. The summed E-state index contributed by atoms with van der Waals surface area (Å²) in [5, 5.41) is 4.22. The maximum atomic E-state index is 11.7. The maximum absolute atomic E-state index is 11.7. The van der Waals surface area contributed by atoms with Crippen molar-refractivity contribution in [2.75, 3.05) is 7.11 Å². The third kappa shape index (κ3) is 2.93. The van der Waals surface area contributed by atoms with E-state index in [4.69, 9.17) is 0 Å². The predicted octanol–water partition coefficient (Wildman–Crippen LogP) is 1.70. The van der Waals surface area contributed by atoms with Gasteiger partial charge < -0.3 is 4.74 Å². The van der Waals surface area contributed by atoms with Gasteiger partial charge >= 0.3 is 5.97 Å². The number of carbonyl (C=O) groups is 1. The molecule has 1 heterocycles. The van der Waals surface area contributed by atoms with Crippen molar-refractivity contribution in [2.24, 2.45) is 0 Å². The smallest absolute Gasteiger partial charge is 0.327 e. The SMILES string of the molecule is COC(=O)Cn1nc(-c2ccc(C)cc2C)ccc1=O. The Balaban J connectivity index is 2.45. The summed E-state index contributed by atoms with van der Waals surface area (Å²) >= 11 is 0. The highest BCUT2D eigenvalue weighted by molar-refractivity contribution is 5.69. The Hall–Kier alpha value is -2.43. The average molecular weight is 272 g/mol. The zero-order valence-corrected chi connectivity index (χ0v) is 11.7. The standard InChI is InChI=1S/C15H16N2O3/c1-10-4-5-12(11(2)8-10)13-6-7-14(18)17(16-13)9-15(19)20-3/h4-8H,9H2,1-3H3. The molecule has 2 aromatic rings. The summed E-state index contributed by atoms with van der Waals surface area (Å²) in [7, 11) is 1.28. The van der Waals surface area contributed by atoms with Crippen LogP contribution < -0.4 is 5.56 Å². The summed E-state index contributed by atoms with van der Waals surface area (Å²) in [4.78, 5) is 23.0. The summed E-state index contributed by atoms with van der Waals surface area (Å²) in [6.07, 6.45) is 0. The number of ether oxygens (including phenoxy) is 1. The molecule has 0 radical (unpaired) electrons. The number of rotatable bonds is 3. The van der Waals surface area contributed by atoms with Gasteiger partial charge in [0.2, 0.25) is 0 Å². The van der Waals surface area contributed by atoms with Crippen molar-refractivity contribution >= 4 is 5.97 Å². The van der Waals surface area contributed by atoms with Gasteiger partial charge in [-0.3, -0.25) is 9.59 Å². The number of benzene rings is 1. The fourth-order valence-electron chi connectivity index (χ4n) is 1.99. The van der Waals surface area contributed by atoms with E-state index in [2.05, 4.69) is 9.84 Å². The normalized spacial score (nSPS) is 10.3. The molecule has 20 heavy (non-hydrogen) atoms. The van der Waals surface area contributed by atoms with Crippen LogP contribution in [0.15, 0.2) is 35.1 Å². The molecule has 0 spiro atoms. The van der Waals surface area contributed by atoms with E-state index in [1.165, 1.54) is 13.2 Å². The third-order valence-electron chi connectivity index (χ3n) is 3.03. The van der Waals surface area contributed by atoms with E-state index in [-0.39, 0.29) is 12.1 Å². The van der Waals surface area contributed by atoms with E-state index in [0.29, 0.717) is 5.69 Å². The Kier molecular flexibility index (Phi) is 3.98. The first-order valence-electron chi connectivity index (χ1n) is 6.24. The van der Waals surface area contributed by atoms with Gasteiger partial charge in [0, 0.05) is 11.6 Å². The molecule has 0 saturated carbocycles.